The monoisotopic (exact) mass is 276 g/mol. The Balaban J connectivity index is 2.37. The van der Waals surface area contributed by atoms with E-state index in [0.717, 1.165) is 36.2 Å². The molecular formula is C16H28N4. The van der Waals surface area contributed by atoms with Crippen LogP contribution in [0.4, 0.5) is 11.6 Å². The van der Waals surface area contributed by atoms with Crippen molar-refractivity contribution in [3.05, 3.63) is 11.4 Å². The molecule has 0 saturated carbocycles. The zero-order valence-corrected chi connectivity index (χ0v) is 13.5. The molecule has 1 fully saturated rings. The Hall–Kier alpha value is -1.32. The second-order valence-electron chi connectivity index (χ2n) is 7.15. The summed E-state index contributed by atoms with van der Waals surface area (Å²) < 4.78 is 0. The van der Waals surface area contributed by atoms with Crippen molar-refractivity contribution in [1.82, 2.24) is 9.97 Å². The summed E-state index contributed by atoms with van der Waals surface area (Å²) in [5.74, 6) is 3.31. The fourth-order valence-corrected chi connectivity index (χ4v) is 2.64. The van der Waals surface area contributed by atoms with Gasteiger partial charge in [-0.25, -0.2) is 9.97 Å². The molecule has 0 amide bonds. The van der Waals surface area contributed by atoms with Gasteiger partial charge in [0.05, 0.1) is 0 Å². The molecule has 0 radical (unpaired) electrons. The van der Waals surface area contributed by atoms with Crippen molar-refractivity contribution in [3.8, 4) is 0 Å². The van der Waals surface area contributed by atoms with E-state index in [0.29, 0.717) is 5.82 Å². The van der Waals surface area contributed by atoms with Gasteiger partial charge in [0.2, 0.25) is 0 Å². The third kappa shape index (κ3) is 3.22. The highest BCUT2D eigenvalue weighted by Gasteiger charge is 2.23. The predicted molar refractivity (Wildman–Crippen MR) is 85.1 cm³/mol. The van der Waals surface area contributed by atoms with Crippen LogP contribution < -0.4 is 10.6 Å². The highest BCUT2D eigenvalue weighted by molar-refractivity contribution is 5.57. The van der Waals surface area contributed by atoms with E-state index in [1.165, 1.54) is 19.3 Å². The van der Waals surface area contributed by atoms with Crippen molar-refractivity contribution >= 4 is 11.6 Å². The lowest BCUT2D eigenvalue weighted by Gasteiger charge is -2.26. The van der Waals surface area contributed by atoms with E-state index in [2.05, 4.69) is 37.6 Å². The molecule has 1 aromatic rings. The zero-order chi connectivity index (χ0) is 14.9. The maximum absolute atomic E-state index is 6.11. The third-order valence-corrected chi connectivity index (χ3v) is 4.14. The number of aromatic nitrogens is 2. The summed E-state index contributed by atoms with van der Waals surface area (Å²) in [5, 5.41) is 0. The van der Waals surface area contributed by atoms with E-state index in [-0.39, 0.29) is 5.41 Å². The highest BCUT2D eigenvalue weighted by Crippen LogP contribution is 2.29. The van der Waals surface area contributed by atoms with Crippen LogP contribution in [0.3, 0.4) is 0 Å². The Bertz CT molecular complexity index is 476. The molecule has 20 heavy (non-hydrogen) atoms. The minimum Gasteiger partial charge on any atom is -0.383 e. The number of hydrogen-bond donors (Lipinski definition) is 1. The van der Waals surface area contributed by atoms with Crippen LogP contribution in [-0.4, -0.2) is 23.1 Å². The Morgan fingerprint density at radius 2 is 1.85 bits per heavy atom. The fraction of sp³-hybridized carbons (Fsp3) is 0.750. The average Bonchev–Trinajstić information content (AvgIpc) is 2.56. The summed E-state index contributed by atoms with van der Waals surface area (Å²) in [6.07, 6.45) is 3.77. The lowest BCUT2D eigenvalue weighted by molar-refractivity contribution is 0.520. The first kappa shape index (κ1) is 15.1. The van der Waals surface area contributed by atoms with Gasteiger partial charge in [-0.15, -0.1) is 0 Å². The lowest BCUT2D eigenvalue weighted by Crippen LogP contribution is -2.28. The van der Waals surface area contributed by atoms with Crippen molar-refractivity contribution in [3.63, 3.8) is 0 Å². The van der Waals surface area contributed by atoms with Crippen LogP contribution in [0.1, 0.15) is 58.3 Å². The molecule has 2 N–H and O–H groups in total. The van der Waals surface area contributed by atoms with Crippen LogP contribution >= 0.6 is 0 Å². The van der Waals surface area contributed by atoms with Gasteiger partial charge in [-0.1, -0.05) is 27.7 Å². The van der Waals surface area contributed by atoms with E-state index >= 15 is 0 Å². The van der Waals surface area contributed by atoms with Gasteiger partial charge in [-0.05, 0) is 32.1 Å². The molecule has 4 heteroatoms. The quantitative estimate of drug-likeness (QED) is 0.855. The minimum absolute atomic E-state index is 0.0737. The van der Waals surface area contributed by atoms with Gasteiger partial charge in [0, 0.05) is 24.1 Å². The third-order valence-electron chi connectivity index (χ3n) is 4.14. The average molecular weight is 276 g/mol. The van der Waals surface area contributed by atoms with Gasteiger partial charge in [0.25, 0.3) is 0 Å². The molecular weight excluding hydrogens is 248 g/mol. The molecule has 1 saturated heterocycles. The molecule has 0 bridgehead atoms. The molecule has 1 atom stereocenters. The van der Waals surface area contributed by atoms with E-state index in [9.17, 15) is 0 Å². The molecule has 0 spiro atoms. The zero-order valence-electron chi connectivity index (χ0n) is 13.5. The molecule has 0 aromatic carbocycles. The molecule has 1 aliphatic rings. The predicted octanol–water partition coefficient (Wildman–Crippen LogP) is 3.29. The first-order chi connectivity index (χ1) is 9.29. The smallest absolute Gasteiger partial charge is 0.138 e. The Labute approximate surface area is 122 Å². The first-order valence-corrected chi connectivity index (χ1v) is 7.68. The number of anilines is 2. The number of nitrogens with zero attached hydrogens (tertiary/aromatic N) is 3. The number of nitrogen functional groups attached to an aromatic ring is 1. The lowest BCUT2D eigenvalue weighted by atomic mass is 9.95. The number of rotatable bonds is 1. The van der Waals surface area contributed by atoms with Crippen molar-refractivity contribution in [1.29, 1.82) is 0 Å². The maximum atomic E-state index is 6.11. The molecule has 1 aliphatic heterocycles. The van der Waals surface area contributed by atoms with Crippen LogP contribution in [0, 0.1) is 12.8 Å². The Kier molecular flexibility index (Phi) is 4.21. The van der Waals surface area contributed by atoms with Crippen LogP contribution in [0.5, 0.6) is 0 Å². The molecule has 2 heterocycles. The van der Waals surface area contributed by atoms with Crippen LogP contribution in [0.25, 0.3) is 0 Å². The standard InChI is InChI=1S/C16H28N4/c1-11-7-6-9-20(10-8-11)14-12(2)13(17)18-15(19-14)16(3,4)5/h11H,6-10H2,1-5H3,(H2,17,18,19). The summed E-state index contributed by atoms with van der Waals surface area (Å²) in [6, 6.07) is 0. The topological polar surface area (TPSA) is 55.0 Å². The molecule has 2 rings (SSSR count). The highest BCUT2D eigenvalue weighted by atomic mass is 15.2. The second kappa shape index (κ2) is 5.58. The summed E-state index contributed by atoms with van der Waals surface area (Å²) in [7, 11) is 0. The Morgan fingerprint density at radius 3 is 2.50 bits per heavy atom. The number of nitrogens with two attached hydrogens (primary N) is 1. The second-order valence-corrected chi connectivity index (χ2v) is 7.15. The van der Waals surface area contributed by atoms with E-state index < -0.39 is 0 Å². The van der Waals surface area contributed by atoms with Crippen molar-refractivity contribution in [2.45, 2.75) is 59.3 Å². The summed E-state index contributed by atoms with van der Waals surface area (Å²) in [4.78, 5) is 11.7. The van der Waals surface area contributed by atoms with Gasteiger partial charge >= 0.3 is 0 Å². The SMILES string of the molecule is Cc1c(N)nc(C(C)(C)C)nc1N1CCCC(C)CC1. The first-order valence-electron chi connectivity index (χ1n) is 7.68. The largest absolute Gasteiger partial charge is 0.383 e. The van der Waals surface area contributed by atoms with Gasteiger partial charge in [-0.3, -0.25) is 0 Å². The van der Waals surface area contributed by atoms with Crippen molar-refractivity contribution < 1.29 is 0 Å². The summed E-state index contributed by atoms with van der Waals surface area (Å²) in [5.41, 5.74) is 7.06. The number of hydrogen-bond acceptors (Lipinski definition) is 4. The van der Waals surface area contributed by atoms with Crippen molar-refractivity contribution in [2.24, 2.45) is 5.92 Å². The molecule has 1 aromatic heterocycles. The Morgan fingerprint density at radius 1 is 1.15 bits per heavy atom. The molecule has 4 nitrogen and oxygen atoms in total. The van der Waals surface area contributed by atoms with Crippen molar-refractivity contribution in [2.75, 3.05) is 23.7 Å². The minimum atomic E-state index is -0.0737. The van der Waals surface area contributed by atoms with Gasteiger partial charge < -0.3 is 10.6 Å². The fourth-order valence-electron chi connectivity index (χ4n) is 2.64. The van der Waals surface area contributed by atoms with Crippen LogP contribution in [0.15, 0.2) is 0 Å². The maximum Gasteiger partial charge on any atom is 0.138 e. The van der Waals surface area contributed by atoms with Crippen LogP contribution in [-0.2, 0) is 5.41 Å². The molecule has 112 valence electrons. The van der Waals surface area contributed by atoms with E-state index in [1.807, 2.05) is 6.92 Å². The molecule has 0 aliphatic carbocycles. The van der Waals surface area contributed by atoms with Gasteiger partial charge in [-0.2, -0.15) is 0 Å². The van der Waals surface area contributed by atoms with Crippen LogP contribution in [0.2, 0.25) is 0 Å². The molecule has 1 unspecified atom stereocenters. The summed E-state index contributed by atoms with van der Waals surface area (Å²) >= 11 is 0. The van der Waals surface area contributed by atoms with E-state index in [1.54, 1.807) is 0 Å². The normalized spacial score (nSPS) is 20.9. The van der Waals surface area contributed by atoms with E-state index in [4.69, 9.17) is 10.7 Å². The van der Waals surface area contributed by atoms with Gasteiger partial charge in [0.1, 0.15) is 17.5 Å². The summed E-state index contributed by atoms with van der Waals surface area (Å²) in [6.45, 7) is 12.9. The van der Waals surface area contributed by atoms with Gasteiger partial charge in [0.15, 0.2) is 0 Å².